The number of pyridine rings is 1. The summed E-state index contributed by atoms with van der Waals surface area (Å²) >= 11 is 2.26. The summed E-state index contributed by atoms with van der Waals surface area (Å²) in [5.41, 5.74) is 11.0. The van der Waals surface area contributed by atoms with Crippen molar-refractivity contribution in [3.8, 4) is 0 Å². The molecule has 0 bridgehead atoms. The zero-order chi connectivity index (χ0) is 37.6. The number of alkyl carbamates (subject to hydrolysis) is 1. The fraction of sp³-hybridized carbons (Fsp3) is 0.250. The van der Waals surface area contributed by atoms with Crippen LogP contribution >= 0.6 is 22.6 Å². The Hall–Kier alpha value is -5.57. The van der Waals surface area contributed by atoms with E-state index >= 15 is 0 Å². The molecule has 4 aromatic rings. The number of carbonyl (C=O) groups excluding carboxylic acids is 4. The number of anilines is 1. The average molecular weight is 828 g/mol. The number of rotatable bonds is 15. The van der Waals surface area contributed by atoms with Crippen LogP contribution in [0.5, 0.6) is 0 Å². The molecule has 5 rings (SSSR count). The van der Waals surface area contributed by atoms with Crippen molar-refractivity contribution in [1.29, 1.82) is 0 Å². The first-order valence-corrected chi connectivity index (χ1v) is 18.8. The highest BCUT2D eigenvalue weighted by atomic mass is 127. The van der Waals surface area contributed by atoms with E-state index in [1.807, 2.05) is 72.5 Å². The smallest absolute Gasteiger partial charge is 0.408 e. The van der Waals surface area contributed by atoms with E-state index in [0.717, 1.165) is 22.0 Å². The van der Waals surface area contributed by atoms with Crippen molar-refractivity contribution in [2.75, 3.05) is 22.8 Å². The number of nitrogens with zero attached hydrogens (tertiary/aromatic N) is 3. The number of amidine groups is 1. The van der Waals surface area contributed by atoms with Crippen LogP contribution in [0.2, 0.25) is 0 Å². The lowest BCUT2D eigenvalue weighted by Gasteiger charge is -2.22. The van der Waals surface area contributed by atoms with Crippen LogP contribution in [0.15, 0.2) is 108 Å². The first-order valence-electron chi connectivity index (χ1n) is 17.3. The highest BCUT2D eigenvalue weighted by Gasteiger charge is 2.23. The average Bonchev–Trinajstić information content (AvgIpc) is 3.34. The van der Waals surface area contributed by atoms with Gasteiger partial charge in [0.05, 0.1) is 17.6 Å². The Morgan fingerprint density at radius 1 is 0.925 bits per heavy atom. The van der Waals surface area contributed by atoms with Crippen molar-refractivity contribution in [3.05, 3.63) is 131 Å². The van der Waals surface area contributed by atoms with Gasteiger partial charge in [-0.3, -0.25) is 19.4 Å². The molecule has 0 fully saturated rings. The fourth-order valence-electron chi connectivity index (χ4n) is 5.69. The zero-order valence-corrected chi connectivity index (χ0v) is 31.5. The number of carbonyl (C=O) groups is 4. The lowest BCUT2D eigenvalue weighted by Crippen LogP contribution is -2.48. The number of nitrogens with two attached hydrogens (primary N) is 1. The van der Waals surface area contributed by atoms with Gasteiger partial charge in [-0.2, -0.15) is 0 Å². The van der Waals surface area contributed by atoms with Gasteiger partial charge in [0.2, 0.25) is 11.8 Å². The molecule has 53 heavy (non-hydrogen) atoms. The molecule has 12 nitrogen and oxygen atoms in total. The highest BCUT2D eigenvalue weighted by Crippen LogP contribution is 2.29. The third kappa shape index (κ3) is 11.5. The van der Waals surface area contributed by atoms with Crippen LogP contribution in [-0.2, 0) is 33.9 Å². The van der Waals surface area contributed by atoms with Gasteiger partial charge in [-0.25, -0.2) is 9.79 Å². The topological polar surface area (TPSA) is 168 Å². The van der Waals surface area contributed by atoms with E-state index in [4.69, 9.17) is 10.5 Å². The summed E-state index contributed by atoms with van der Waals surface area (Å²) in [7, 11) is 0. The minimum atomic E-state index is -0.906. The molecule has 3 aromatic carbocycles. The minimum absolute atomic E-state index is 0.0655. The van der Waals surface area contributed by atoms with E-state index in [9.17, 15) is 19.2 Å². The Morgan fingerprint density at radius 2 is 1.66 bits per heavy atom. The van der Waals surface area contributed by atoms with Crippen molar-refractivity contribution < 1.29 is 23.9 Å². The maximum atomic E-state index is 13.4. The van der Waals surface area contributed by atoms with Gasteiger partial charge in [0, 0.05) is 59.8 Å². The monoisotopic (exact) mass is 827 g/mol. The fourth-order valence-corrected chi connectivity index (χ4v) is 6.28. The Labute approximate surface area is 322 Å². The number of halogens is 1. The van der Waals surface area contributed by atoms with Gasteiger partial charge >= 0.3 is 6.09 Å². The predicted molar refractivity (Wildman–Crippen MR) is 214 cm³/mol. The van der Waals surface area contributed by atoms with Gasteiger partial charge in [-0.15, -0.1) is 0 Å². The summed E-state index contributed by atoms with van der Waals surface area (Å²) in [4.78, 5) is 63.3. The first-order chi connectivity index (χ1) is 25.7. The summed E-state index contributed by atoms with van der Waals surface area (Å²) in [6, 6.07) is 24.5. The van der Waals surface area contributed by atoms with Gasteiger partial charge in [-0.1, -0.05) is 96.2 Å². The third-order valence-electron chi connectivity index (χ3n) is 8.29. The molecule has 0 radical (unpaired) electrons. The first kappa shape index (κ1) is 38.7. The van der Waals surface area contributed by atoms with Crippen LogP contribution < -0.4 is 21.7 Å². The van der Waals surface area contributed by atoms with E-state index in [-0.39, 0.29) is 37.7 Å². The number of amides is 4. The zero-order valence-electron chi connectivity index (χ0n) is 29.4. The second-order valence-corrected chi connectivity index (χ2v) is 13.5. The number of hydrogen-bond acceptors (Lipinski definition) is 8. The maximum absolute atomic E-state index is 13.4. The summed E-state index contributed by atoms with van der Waals surface area (Å²) in [5, 5.41) is 8.41. The molecule has 0 saturated carbocycles. The maximum Gasteiger partial charge on any atom is 0.408 e. The number of hydrogen-bond donors (Lipinski definition) is 4. The molecule has 2 heterocycles. The van der Waals surface area contributed by atoms with E-state index in [2.05, 4.69) is 48.5 Å². The van der Waals surface area contributed by atoms with Gasteiger partial charge < -0.3 is 31.3 Å². The Morgan fingerprint density at radius 3 is 2.38 bits per heavy atom. The minimum Gasteiger partial charge on any atom is -0.445 e. The van der Waals surface area contributed by atoms with Crippen LogP contribution in [-0.4, -0.2) is 63.1 Å². The predicted octanol–water partition coefficient (Wildman–Crippen LogP) is 5.94. The van der Waals surface area contributed by atoms with Crippen molar-refractivity contribution in [2.45, 2.75) is 45.4 Å². The van der Waals surface area contributed by atoms with Crippen LogP contribution in [0.1, 0.15) is 52.4 Å². The van der Waals surface area contributed by atoms with Gasteiger partial charge in [0.15, 0.2) is 0 Å². The van der Waals surface area contributed by atoms with Gasteiger partial charge in [0.1, 0.15) is 18.5 Å². The molecule has 1 aliphatic heterocycles. The molecule has 13 heteroatoms. The molecular formula is C40H42IN7O5. The number of aromatic nitrogens is 1. The third-order valence-corrected chi connectivity index (χ3v) is 8.77. The number of ether oxygens (including phenoxy) is 1. The quantitative estimate of drug-likeness (QED) is 0.0851. The summed E-state index contributed by atoms with van der Waals surface area (Å²) < 4.78 is 6.19. The van der Waals surface area contributed by atoms with Crippen LogP contribution in [0.4, 0.5) is 16.2 Å². The second-order valence-electron chi connectivity index (χ2n) is 12.4. The number of fused-ring (bicyclic) bond motifs is 1. The van der Waals surface area contributed by atoms with Crippen LogP contribution in [0.25, 0.3) is 6.08 Å². The van der Waals surface area contributed by atoms with Crippen molar-refractivity contribution >= 4 is 69.7 Å². The molecule has 1 aromatic heterocycles. The van der Waals surface area contributed by atoms with E-state index in [1.54, 1.807) is 36.5 Å². The van der Waals surface area contributed by atoms with Gasteiger partial charge in [0.25, 0.3) is 5.91 Å². The molecule has 1 atom stereocenters. The van der Waals surface area contributed by atoms with Gasteiger partial charge in [-0.05, 0) is 47.4 Å². The van der Waals surface area contributed by atoms with Crippen molar-refractivity contribution in [3.63, 3.8) is 0 Å². The Bertz CT molecular complexity index is 1960. The Kier molecular flexibility index (Phi) is 14.1. The molecule has 1 unspecified atom stereocenters. The van der Waals surface area contributed by atoms with Crippen LogP contribution in [0, 0.1) is 0 Å². The number of aliphatic imine (C=N–C) groups is 1. The normalized spacial score (nSPS) is 12.6. The van der Waals surface area contributed by atoms with E-state index in [1.165, 1.54) is 6.20 Å². The molecule has 0 aliphatic carbocycles. The largest absolute Gasteiger partial charge is 0.445 e. The highest BCUT2D eigenvalue weighted by molar-refractivity contribution is 14.1. The van der Waals surface area contributed by atoms with E-state index < -0.39 is 23.9 Å². The lowest BCUT2D eigenvalue weighted by atomic mass is 10.0. The molecule has 4 amide bonds. The molecule has 0 spiro atoms. The standard InChI is InChI=1S/C40H42IN7O5/c1-2-16-48(17-15-41)39(51)32-20-30-13-14-31(21-34(30)46-36(42)22-32)37(49)45-33-18-29(23-43-25-33)24-44-38(50)35(19-27-9-5-3-6-10-27)47-40(52)53-26-28-11-7-4-8-12-28/h3-14,18,20-21,23,25,35H,2,15-17,19,22,24,26H2,1H3,(H2,42,46)(H,44,50)(H,45,49)(H,47,52). The second kappa shape index (κ2) is 19.3. The number of nitrogens with one attached hydrogen (secondary N) is 3. The number of benzene rings is 3. The summed E-state index contributed by atoms with van der Waals surface area (Å²) in [5.74, 6) is -0.585. The SMILES string of the molecule is CCCN(CCI)C(=O)C1=Cc2ccc(C(=O)Nc3cncc(CNC(=O)C(Cc4ccccc4)NC(=O)OCc4ccccc4)c3)cc2N=C(N)C1. The van der Waals surface area contributed by atoms with Crippen molar-refractivity contribution in [2.24, 2.45) is 10.7 Å². The lowest BCUT2D eigenvalue weighted by molar-refractivity contribution is -0.127. The summed E-state index contributed by atoms with van der Waals surface area (Å²) in [6.07, 6.45) is 5.49. The van der Waals surface area contributed by atoms with E-state index in [0.29, 0.717) is 46.7 Å². The van der Waals surface area contributed by atoms with Crippen LogP contribution in [0.3, 0.4) is 0 Å². The number of alkyl halides is 1. The Balaban J connectivity index is 1.22. The molecule has 1 aliphatic rings. The molecule has 274 valence electrons. The summed E-state index contributed by atoms with van der Waals surface area (Å²) in [6.45, 7) is 3.50. The molecule has 0 saturated heterocycles. The molecular weight excluding hydrogens is 785 g/mol. The van der Waals surface area contributed by atoms with Crippen molar-refractivity contribution in [1.82, 2.24) is 20.5 Å². The molecule has 5 N–H and O–H groups in total.